The fraction of sp³-hybridized carbons (Fsp3) is 0.231. The SMILES string of the molecule is Cc1nc(C)c(CNC(=O)c2ccccc2Cl)s1. The van der Waals surface area contributed by atoms with Crippen LogP contribution < -0.4 is 5.32 Å². The number of halogens is 1. The monoisotopic (exact) mass is 280 g/mol. The highest BCUT2D eigenvalue weighted by Crippen LogP contribution is 2.18. The van der Waals surface area contributed by atoms with Crippen LogP contribution in [-0.4, -0.2) is 10.9 Å². The van der Waals surface area contributed by atoms with Crippen molar-refractivity contribution in [3.63, 3.8) is 0 Å². The Morgan fingerprint density at radius 1 is 1.39 bits per heavy atom. The molecule has 0 aliphatic heterocycles. The maximum absolute atomic E-state index is 11.9. The highest BCUT2D eigenvalue weighted by atomic mass is 35.5. The average molecular weight is 281 g/mol. The number of hydrogen-bond acceptors (Lipinski definition) is 3. The van der Waals surface area contributed by atoms with Crippen molar-refractivity contribution in [1.29, 1.82) is 0 Å². The first-order valence-corrected chi connectivity index (χ1v) is 6.73. The number of benzene rings is 1. The van der Waals surface area contributed by atoms with Gasteiger partial charge in [-0.05, 0) is 26.0 Å². The molecular weight excluding hydrogens is 268 g/mol. The molecule has 1 aromatic heterocycles. The minimum Gasteiger partial charge on any atom is -0.347 e. The predicted molar refractivity (Wildman–Crippen MR) is 74.2 cm³/mol. The zero-order valence-electron chi connectivity index (χ0n) is 10.2. The van der Waals surface area contributed by atoms with Gasteiger partial charge in [-0.3, -0.25) is 4.79 Å². The van der Waals surface area contributed by atoms with E-state index in [1.807, 2.05) is 13.8 Å². The quantitative estimate of drug-likeness (QED) is 0.937. The van der Waals surface area contributed by atoms with E-state index in [1.54, 1.807) is 35.6 Å². The van der Waals surface area contributed by atoms with Crippen molar-refractivity contribution < 1.29 is 4.79 Å². The number of carbonyl (C=O) groups is 1. The molecule has 2 aromatic rings. The molecule has 0 bridgehead atoms. The lowest BCUT2D eigenvalue weighted by Crippen LogP contribution is -2.22. The van der Waals surface area contributed by atoms with Gasteiger partial charge in [0.15, 0.2) is 0 Å². The number of rotatable bonds is 3. The van der Waals surface area contributed by atoms with Gasteiger partial charge in [0.2, 0.25) is 0 Å². The Balaban J connectivity index is 2.05. The lowest BCUT2D eigenvalue weighted by Gasteiger charge is -2.05. The summed E-state index contributed by atoms with van der Waals surface area (Å²) < 4.78 is 0. The normalized spacial score (nSPS) is 10.4. The van der Waals surface area contributed by atoms with Crippen molar-refractivity contribution in [2.24, 2.45) is 0 Å². The molecule has 3 nitrogen and oxygen atoms in total. The minimum atomic E-state index is -0.161. The summed E-state index contributed by atoms with van der Waals surface area (Å²) in [6, 6.07) is 7.01. The second-order valence-corrected chi connectivity index (χ2v) is 5.60. The fourth-order valence-electron chi connectivity index (χ4n) is 1.64. The van der Waals surface area contributed by atoms with Crippen LogP contribution in [0.4, 0.5) is 0 Å². The number of nitrogens with one attached hydrogen (secondary N) is 1. The zero-order valence-corrected chi connectivity index (χ0v) is 11.7. The fourth-order valence-corrected chi connectivity index (χ4v) is 2.74. The van der Waals surface area contributed by atoms with Gasteiger partial charge in [-0.1, -0.05) is 23.7 Å². The molecule has 0 unspecified atom stereocenters. The van der Waals surface area contributed by atoms with Crippen molar-refractivity contribution in [3.8, 4) is 0 Å². The van der Waals surface area contributed by atoms with Crippen LogP contribution in [0, 0.1) is 13.8 Å². The molecule has 0 atom stereocenters. The van der Waals surface area contributed by atoms with Gasteiger partial charge in [0.05, 0.1) is 27.8 Å². The number of thiazole rings is 1. The van der Waals surface area contributed by atoms with E-state index in [9.17, 15) is 4.79 Å². The summed E-state index contributed by atoms with van der Waals surface area (Å²) in [6.45, 7) is 4.39. The number of hydrogen-bond donors (Lipinski definition) is 1. The Labute approximate surface area is 115 Å². The smallest absolute Gasteiger partial charge is 0.253 e. The molecule has 94 valence electrons. The summed E-state index contributed by atoms with van der Waals surface area (Å²) in [6.07, 6.45) is 0. The van der Waals surface area contributed by atoms with Gasteiger partial charge in [0.25, 0.3) is 5.91 Å². The largest absolute Gasteiger partial charge is 0.347 e. The van der Waals surface area contributed by atoms with E-state index in [4.69, 9.17) is 11.6 Å². The molecule has 5 heteroatoms. The molecule has 0 saturated carbocycles. The van der Waals surface area contributed by atoms with Crippen molar-refractivity contribution in [2.45, 2.75) is 20.4 Å². The number of aromatic nitrogens is 1. The molecule has 1 heterocycles. The van der Waals surface area contributed by atoms with Gasteiger partial charge in [0.1, 0.15) is 0 Å². The molecule has 1 amide bonds. The van der Waals surface area contributed by atoms with E-state index >= 15 is 0 Å². The van der Waals surface area contributed by atoms with Crippen molar-refractivity contribution in [3.05, 3.63) is 50.4 Å². The van der Waals surface area contributed by atoms with Gasteiger partial charge in [-0.2, -0.15) is 0 Å². The minimum absolute atomic E-state index is 0.161. The molecular formula is C13H13ClN2OS. The average Bonchev–Trinajstić information content (AvgIpc) is 2.65. The first-order valence-electron chi connectivity index (χ1n) is 5.53. The maximum atomic E-state index is 11.9. The van der Waals surface area contributed by atoms with Crippen LogP contribution in [0.1, 0.15) is 25.9 Å². The van der Waals surface area contributed by atoms with E-state index in [0.29, 0.717) is 17.1 Å². The lowest BCUT2D eigenvalue weighted by molar-refractivity contribution is 0.0951. The van der Waals surface area contributed by atoms with Gasteiger partial charge in [-0.25, -0.2) is 4.98 Å². The third-order valence-corrected chi connectivity index (χ3v) is 3.93. The highest BCUT2D eigenvalue weighted by molar-refractivity contribution is 7.11. The van der Waals surface area contributed by atoms with E-state index in [-0.39, 0.29) is 5.91 Å². The second-order valence-electron chi connectivity index (χ2n) is 3.90. The summed E-state index contributed by atoms with van der Waals surface area (Å²) in [5, 5.41) is 4.33. The molecule has 0 fully saturated rings. The van der Waals surface area contributed by atoms with Crippen molar-refractivity contribution in [1.82, 2.24) is 10.3 Å². The van der Waals surface area contributed by atoms with E-state index in [1.165, 1.54) is 0 Å². The summed E-state index contributed by atoms with van der Waals surface area (Å²) in [7, 11) is 0. The number of nitrogens with zero attached hydrogens (tertiary/aromatic N) is 1. The molecule has 0 radical (unpaired) electrons. The predicted octanol–water partition coefficient (Wildman–Crippen LogP) is 3.34. The van der Waals surface area contributed by atoms with Crippen LogP contribution in [0.2, 0.25) is 5.02 Å². The molecule has 0 aliphatic carbocycles. The standard InChI is InChI=1S/C13H13ClN2OS/c1-8-12(18-9(2)16-8)7-15-13(17)10-5-3-4-6-11(10)14/h3-6H,7H2,1-2H3,(H,15,17). The topological polar surface area (TPSA) is 42.0 Å². The molecule has 1 aromatic carbocycles. The Morgan fingerprint density at radius 2 is 2.11 bits per heavy atom. The molecule has 0 saturated heterocycles. The van der Waals surface area contributed by atoms with Gasteiger partial charge >= 0.3 is 0 Å². The van der Waals surface area contributed by atoms with Crippen LogP contribution >= 0.6 is 22.9 Å². The third-order valence-electron chi connectivity index (χ3n) is 2.53. The zero-order chi connectivity index (χ0) is 13.1. The van der Waals surface area contributed by atoms with Gasteiger partial charge in [-0.15, -0.1) is 11.3 Å². The van der Waals surface area contributed by atoms with Crippen LogP contribution in [0.3, 0.4) is 0 Å². The second kappa shape index (κ2) is 5.50. The third kappa shape index (κ3) is 2.89. The van der Waals surface area contributed by atoms with Crippen LogP contribution in [0.15, 0.2) is 24.3 Å². The number of aryl methyl sites for hydroxylation is 2. The summed E-state index contributed by atoms with van der Waals surface area (Å²) in [5.41, 5.74) is 1.47. The molecule has 0 spiro atoms. The Hall–Kier alpha value is -1.39. The van der Waals surface area contributed by atoms with Crippen LogP contribution in [0.5, 0.6) is 0 Å². The van der Waals surface area contributed by atoms with Crippen molar-refractivity contribution >= 4 is 28.8 Å². The summed E-state index contributed by atoms with van der Waals surface area (Å²) in [5.74, 6) is -0.161. The van der Waals surface area contributed by atoms with Gasteiger partial charge in [0, 0.05) is 4.88 Å². The Kier molecular flexibility index (Phi) is 3.99. The highest BCUT2D eigenvalue weighted by Gasteiger charge is 2.11. The number of carbonyl (C=O) groups excluding carboxylic acids is 1. The van der Waals surface area contributed by atoms with Gasteiger partial charge < -0.3 is 5.32 Å². The molecule has 18 heavy (non-hydrogen) atoms. The van der Waals surface area contributed by atoms with E-state index in [0.717, 1.165) is 15.6 Å². The van der Waals surface area contributed by atoms with E-state index < -0.39 is 0 Å². The summed E-state index contributed by atoms with van der Waals surface area (Å²) >= 11 is 7.56. The molecule has 2 rings (SSSR count). The van der Waals surface area contributed by atoms with Crippen molar-refractivity contribution in [2.75, 3.05) is 0 Å². The Bertz CT molecular complexity index is 580. The molecule has 0 aliphatic rings. The van der Waals surface area contributed by atoms with E-state index in [2.05, 4.69) is 10.3 Å². The Morgan fingerprint density at radius 3 is 2.72 bits per heavy atom. The lowest BCUT2D eigenvalue weighted by atomic mass is 10.2. The first kappa shape index (κ1) is 13.1. The number of amides is 1. The summed E-state index contributed by atoms with van der Waals surface area (Å²) in [4.78, 5) is 17.3. The van der Waals surface area contributed by atoms with Crippen LogP contribution in [-0.2, 0) is 6.54 Å². The first-order chi connectivity index (χ1) is 8.58. The van der Waals surface area contributed by atoms with Crippen LogP contribution in [0.25, 0.3) is 0 Å². The maximum Gasteiger partial charge on any atom is 0.253 e. The molecule has 1 N–H and O–H groups in total.